The van der Waals surface area contributed by atoms with Crippen LogP contribution in [0.3, 0.4) is 0 Å². The van der Waals surface area contributed by atoms with E-state index in [1.807, 2.05) is 0 Å². The third kappa shape index (κ3) is 5.83. The van der Waals surface area contributed by atoms with E-state index in [1.165, 1.54) is 11.8 Å². The van der Waals surface area contributed by atoms with E-state index in [0.29, 0.717) is 21.8 Å². The average Bonchev–Trinajstić information content (AvgIpc) is 3.42. The molecule has 1 saturated heterocycles. The number of hydrogen-bond donors (Lipinski definition) is 1. The molecule has 1 atom stereocenters. The van der Waals surface area contributed by atoms with E-state index in [9.17, 15) is 22.8 Å². The number of carbonyl (C=O) groups is 2. The maximum Gasteiger partial charge on any atom is 0.433 e. The van der Waals surface area contributed by atoms with Crippen molar-refractivity contribution in [1.29, 1.82) is 0 Å². The number of nitrogens with one attached hydrogen (secondary N) is 1. The van der Waals surface area contributed by atoms with E-state index in [1.54, 1.807) is 49.2 Å². The molecular weight excluding hydrogens is 511 g/mol. The van der Waals surface area contributed by atoms with Gasteiger partial charge < -0.3 is 0 Å². The quantitative estimate of drug-likeness (QED) is 0.520. The van der Waals surface area contributed by atoms with Gasteiger partial charge in [0.05, 0.1) is 24.7 Å². The minimum absolute atomic E-state index is 0.0252. The molecule has 3 heterocycles. The third-order valence-corrected chi connectivity index (χ3v) is 5.89. The van der Waals surface area contributed by atoms with E-state index in [4.69, 9.17) is 11.6 Å². The summed E-state index contributed by atoms with van der Waals surface area (Å²) in [6, 6.07) is 4.50. The Balaban J connectivity index is 1.71. The summed E-state index contributed by atoms with van der Waals surface area (Å²) in [4.78, 5) is 35.0. The van der Waals surface area contributed by atoms with Gasteiger partial charge in [-0.1, -0.05) is 23.4 Å². The smallest absolute Gasteiger partial charge is 0.299 e. The van der Waals surface area contributed by atoms with Crippen molar-refractivity contribution in [3.8, 4) is 11.8 Å². The van der Waals surface area contributed by atoms with Crippen LogP contribution < -0.4 is 15.3 Å². The number of anilines is 2. The van der Waals surface area contributed by atoms with Gasteiger partial charge >= 0.3 is 6.18 Å². The second-order valence-corrected chi connectivity index (χ2v) is 8.79. The normalized spacial score (nSPS) is 15.3. The van der Waals surface area contributed by atoms with Crippen LogP contribution in [0.5, 0.6) is 0 Å². The Hall–Kier alpha value is -4.11. The Morgan fingerprint density at radius 2 is 2.03 bits per heavy atom. The number of halogens is 4. The summed E-state index contributed by atoms with van der Waals surface area (Å²) in [6.45, 7) is 3.06. The highest BCUT2D eigenvalue weighted by molar-refractivity contribution is 6.31. The van der Waals surface area contributed by atoms with Gasteiger partial charge in [0, 0.05) is 29.6 Å². The molecule has 1 aromatic carbocycles. The Kier molecular flexibility index (Phi) is 7.09. The molecule has 0 saturated carbocycles. The molecule has 0 bridgehead atoms. The van der Waals surface area contributed by atoms with Gasteiger partial charge in [0.15, 0.2) is 0 Å². The second-order valence-electron chi connectivity index (χ2n) is 8.38. The molecule has 1 fully saturated rings. The number of alkyl halides is 3. The van der Waals surface area contributed by atoms with Crippen LogP contribution in [0.2, 0.25) is 5.02 Å². The number of amides is 2. The predicted octanol–water partition coefficient (Wildman–Crippen LogP) is 3.19. The van der Waals surface area contributed by atoms with Gasteiger partial charge in [-0.2, -0.15) is 18.3 Å². The topological polar surface area (TPSA) is 96.3 Å². The highest BCUT2D eigenvalue weighted by Gasteiger charge is 2.41. The first-order valence-corrected chi connectivity index (χ1v) is 11.4. The van der Waals surface area contributed by atoms with Crippen LogP contribution in [0, 0.1) is 25.7 Å². The summed E-state index contributed by atoms with van der Waals surface area (Å²) >= 11 is 6.16. The zero-order valence-electron chi connectivity index (χ0n) is 20.0. The van der Waals surface area contributed by atoms with Crippen LogP contribution in [0.1, 0.15) is 28.9 Å². The summed E-state index contributed by atoms with van der Waals surface area (Å²) in [7, 11) is 1.74. The van der Waals surface area contributed by atoms with Crippen molar-refractivity contribution >= 4 is 35.1 Å². The van der Waals surface area contributed by atoms with Crippen molar-refractivity contribution in [3.05, 3.63) is 64.2 Å². The van der Waals surface area contributed by atoms with E-state index >= 15 is 0 Å². The molecule has 37 heavy (non-hydrogen) atoms. The van der Waals surface area contributed by atoms with E-state index in [2.05, 4.69) is 32.3 Å². The number of carbonyl (C=O) groups excluding carboxylic acids is 2. The Bertz CT molecular complexity index is 1430. The molecule has 2 aromatic heterocycles. The lowest BCUT2D eigenvalue weighted by Gasteiger charge is -2.29. The van der Waals surface area contributed by atoms with E-state index in [-0.39, 0.29) is 18.7 Å². The van der Waals surface area contributed by atoms with Crippen LogP contribution in [-0.2, 0) is 22.8 Å². The predicted molar refractivity (Wildman–Crippen MR) is 129 cm³/mol. The molecule has 2 amide bonds. The lowest BCUT2D eigenvalue weighted by molar-refractivity contribution is -0.141. The first-order chi connectivity index (χ1) is 17.4. The summed E-state index contributed by atoms with van der Waals surface area (Å²) in [5.74, 6) is 4.25. The van der Waals surface area contributed by atoms with Crippen LogP contribution >= 0.6 is 11.6 Å². The highest BCUT2D eigenvalue weighted by atomic mass is 35.5. The Labute approximate surface area is 215 Å². The summed E-state index contributed by atoms with van der Waals surface area (Å²) in [6.07, 6.45) is -1.77. The minimum Gasteiger partial charge on any atom is -0.299 e. The van der Waals surface area contributed by atoms with Crippen molar-refractivity contribution < 1.29 is 22.8 Å². The molecule has 0 spiro atoms. The lowest BCUT2D eigenvalue weighted by Crippen LogP contribution is -2.50. The fourth-order valence-corrected chi connectivity index (χ4v) is 3.81. The lowest BCUT2D eigenvalue weighted by atomic mass is 10.1. The van der Waals surface area contributed by atoms with Crippen LogP contribution in [0.25, 0.3) is 0 Å². The molecule has 0 radical (unpaired) electrons. The Morgan fingerprint density at radius 1 is 1.27 bits per heavy atom. The largest absolute Gasteiger partial charge is 0.433 e. The van der Waals surface area contributed by atoms with Gasteiger partial charge in [0.1, 0.15) is 11.7 Å². The van der Waals surface area contributed by atoms with Gasteiger partial charge in [0.25, 0.3) is 5.91 Å². The molecule has 0 aliphatic carbocycles. The zero-order chi connectivity index (χ0) is 26.9. The summed E-state index contributed by atoms with van der Waals surface area (Å²) in [5, 5.41) is 5.51. The number of hydrazine groups is 1. The third-order valence-electron chi connectivity index (χ3n) is 5.46. The van der Waals surface area contributed by atoms with Crippen molar-refractivity contribution in [2.24, 2.45) is 7.05 Å². The highest BCUT2D eigenvalue weighted by Crippen LogP contribution is 2.31. The molecule has 1 unspecified atom stereocenters. The second kappa shape index (κ2) is 10.1. The van der Waals surface area contributed by atoms with Gasteiger partial charge in [-0.3, -0.25) is 24.6 Å². The van der Waals surface area contributed by atoms with E-state index in [0.717, 1.165) is 11.1 Å². The van der Waals surface area contributed by atoms with Crippen LogP contribution in [0.4, 0.5) is 24.8 Å². The molecule has 192 valence electrons. The van der Waals surface area contributed by atoms with Crippen molar-refractivity contribution in [3.63, 3.8) is 0 Å². The van der Waals surface area contributed by atoms with Gasteiger partial charge in [-0.15, -0.1) is 0 Å². The number of benzene rings is 1. The number of aromatic nitrogens is 4. The van der Waals surface area contributed by atoms with Gasteiger partial charge in [-0.05, 0) is 43.7 Å². The molecule has 3 aromatic rings. The number of hydrogen-bond acceptors (Lipinski definition) is 6. The fraction of sp³-hybridized carbons (Fsp3) is 0.292. The van der Waals surface area contributed by atoms with Gasteiger partial charge in [-0.25, -0.2) is 15.0 Å². The van der Waals surface area contributed by atoms with Crippen LogP contribution in [0.15, 0.2) is 36.7 Å². The van der Waals surface area contributed by atoms with Crippen molar-refractivity contribution in [2.75, 3.05) is 16.5 Å². The standard InChI is InChI=1S/C24H21ClF3N7O2/c1-14-9-17(6-7-18(14)25)34(8-4-5-16-12-29-33(3)13-16)22(37)19-11-21(36)32-35(19)23-30-15(2)10-20(31-23)24(26,27)28/h6-7,9-10,12-13,19H,8,11H2,1-3H3,(H,32,36). The van der Waals surface area contributed by atoms with E-state index < -0.39 is 35.7 Å². The molecule has 1 N–H and O–H groups in total. The summed E-state index contributed by atoms with van der Waals surface area (Å²) in [5.41, 5.74) is 3.03. The SMILES string of the molecule is Cc1cc(C(F)(F)F)nc(N2NC(=O)CC2C(=O)N(CC#Cc2cnn(C)c2)c2ccc(Cl)c(C)c2)n1. The molecule has 1 aliphatic rings. The average molecular weight is 532 g/mol. The van der Waals surface area contributed by atoms with Gasteiger partial charge in [0.2, 0.25) is 11.9 Å². The first-order valence-electron chi connectivity index (χ1n) is 11.0. The molecule has 4 rings (SSSR count). The minimum atomic E-state index is -4.74. The number of rotatable bonds is 4. The molecule has 1 aliphatic heterocycles. The maximum absolute atomic E-state index is 13.8. The maximum atomic E-state index is 13.8. The monoisotopic (exact) mass is 531 g/mol. The molecular formula is C24H21ClF3N7O2. The number of nitrogens with zero attached hydrogens (tertiary/aromatic N) is 6. The summed E-state index contributed by atoms with van der Waals surface area (Å²) < 4.78 is 41.7. The molecule has 9 nitrogen and oxygen atoms in total. The zero-order valence-corrected chi connectivity index (χ0v) is 20.7. The van der Waals surface area contributed by atoms with Crippen molar-refractivity contribution in [1.82, 2.24) is 25.2 Å². The fourth-order valence-electron chi connectivity index (χ4n) is 3.70. The first kappa shape index (κ1) is 26.0. The van der Waals surface area contributed by atoms with Crippen molar-refractivity contribution in [2.45, 2.75) is 32.5 Å². The molecule has 13 heteroatoms. The number of aryl methyl sites for hydroxylation is 3. The Morgan fingerprint density at radius 3 is 2.68 bits per heavy atom. The van der Waals surface area contributed by atoms with Crippen LogP contribution in [-0.4, -0.2) is 44.1 Å².